The average Bonchev–Trinajstić information content (AvgIpc) is 2.94. The Balaban J connectivity index is 1.56. The molecule has 2 aliphatic heterocycles. The average molecular weight is 367 g/mol. The van der Waals surface area contributed by atoms with Crippen molar-refractivity contribution >= 4 is 35.3 Å². The summed E-state index contributed by atoms with van der Waals surface area (Å²) in [6, 6.07) is 9.21. The van der Waals surface area contributed by atoms with E-state index in [1.165, 1.54) is 0 Å². The van der Waals surface area contributed by atoms with Crippen LogP contribution in [0.3, 0.4) is 0 Å². The second-order valence-corrected chi connectivity index (χ2v) is 8.67. The monoisotopic (exact) mass is 366 g/mol. The van der Waals surface area contributed by atoms with Gasteiger partial charge in [0.2, 0.25) is 11.8 Å². The summed E-state index contributed by atoms with van der Waals surface area (Å²) in [6.07, 6.45) is 0. The normalized spacial score (nSPS) is 26.2. The van der Waals surface area contributed by atoms with Crippen LogP contribution in [0.5, 0.6) is 5.75 Å². The standard InChI is InChI=1S/C17H22N2O3S2/c1-17-12-23-11-15(20)19(17)14(10-24-17)16(21)18(2)8-9-22-13-6-4-3-5-7-13/h3-7,14H,8-12H2,1-2H3/t14-,17-/m0/s1. The summed E-state index contributed by atoms with van der Waals surface area (Å²) < 4.78 is 5.65. The lowest BCUT2D eigenvalue weighted by Crippen LogP contribution is -2.57. The minimum atomic E-state index is -0.352. The first-order chi connectivity index (χ1) is 11.5. The topological polar surface area (TPSA) is 49.9 Å². The van der Waals surface area contributed by atoms with E-state index in [0.29, 0.717) is 24.7 Å². The Kier molecular flexibility index (Phi) is 5.30. The van der Waals surface area contributed by atoms with Crippen molar-refractivity contribution in [2.24, 2.45) is 0 Å². The number of nitrogens with zero attached hydrogens (tertiary/aromatic N) is 2. The molecule has 0 aromatic heterocycles. The molecule has 24 heavy (non-hydrogen) atoms. The van der Waals surface area contributed by atoms with Crippen LogP contribution in [-0.4, -0.2) is 70.0 Å². The molecule has 0 bridgehead atoms. The van der Waals surface area contributed by atoms with Gasteiger partial charge in [-0.3, -0.25) is 9.59 Å². The molecule has 130 valence electrons. The summed E-state index contributed by atoms with van der Waals surface area (Å²) in [4.78, 5) is 28.3. The fraction of sp³-hybridized carbons (Fsp3) is 0.529. The van der Waals surface area contributed by atoms with Gasteiger partial charge < -0.3 is 14.5 Å². The van der Waals surface area contributed by atoms with E-state index in [4.69, 9.17) is 4.74 Å². The molecule has 0 N–H and O–H groups in total. The molecule has 2 heterocycles. The van der Waals surface area contributed by atoms with Gasteiger partial charge in [-0.25, -0.2) is 0 Å². The number of thioether (sulfide) groups is 2. The second-order valence-electron chi connectivity index (χ2n) is 6.18. The number of hydrogen-bond donors (Lipinski definition) is 0. The lowest BCUT2D eigenvalue weighted by atomic mass is 10.2. The van der Waals surface area contributed by atoms with Crippen LogP contribution < -0.4 is 4.74 Å². The van der Waals surface area contributed by atoms with Gasteiger partial charge in [-0.1, -0.05) is 18.2 Å². The molecule has 0 aliphatic carbocycles. The molecule has 2 aliphatic rings. The number of carbonyl (C=O) groups is 2. The van der Waals surface area contributed by atoms with Crippen LogP contribution in [-0.2, 0) is 9.59 Å². The molecule has 2 atom stereocenters. The Morgan fingerprint density at radius 3 is 2.92 bits per heavy atom. The van der Waals surface area contributed by atoms with Crippen LogP contribution in [0.25, 0.3) is 0 Å². The maximum atomic E-state index is 12.8. The van der Waals surface area contributed by atoms with Crippen LogP contribution >= 0.6 is 23.5 Å². The maximum absolute atomic E-state index is 12.8. The van der Waals surface area contributed by atoms with E-state index < -0.39 is 0 Å². The number of benzene rings is 1. The first-order valence-electron chi connectivity index (χ1n) is 7.98. The summed E-state index contributed by atoms with van der Waals surface area (Å²) in [6.45, 7) is 3.00. The van der Waals surface area contributed by atoms with Gasteiger partial charge in [-0.2, -0.15) is 0 Å². The number of ether oxygens (including phenoxy) is 1. The zero-order valence-electron chi connectivity index (χ0n) is 13.9. The summed E-state index contributed by atoms with van der Waals surface area (Å²) in [5.41, 5.74) is 0. The molecule has 7 heteroatoms. The largest absolute Gasteiger partial charge is 0.492 e. The first-order valence-corrected chi connectivity index (χ1v) is 10.1. The predicted octanol–water partition coefficient (Wildman–Crippen LogP) is 1.93. The van der Waals surface area contributed by atoms with E-state index in [-0.39, 0.29) is 22.7 Å². The molecular weight excluding hydrogens is 344 g/mol. The van der Waals surface area contributed by atoms with Crippen molar-refractivity contribution in [3.05, 3.63) is 30.3 Å². The second kappa shape index (κ2) is 7.27. The Hall–Kier alpha value is -1.34. The number of hydrogen-bond acceptors (Lipinski definition) is 5. The van der Waals surface area contributed by atoms with Gasteiger partial charge in [0.1, 0.15) is 18.4 Å². The van der Waals surface area contributed by atoms with E-state index in [1.807, 2.05) is 35.2 Å². The van der Waals surface area contributed by atoms with Crippen LogP contribution in [0.1, 0.15) is 6.92 Å². The number of carbonyl (C=O) groups excluding carboxylic acids is 2. The number of amides is 2. The molecule has 0 unspecified atom stereocenters. The van der Waals surface area contributed by atoms with Gasteiger partial charge in [-0.15, -0.1) is 23.5 Å². The number of likely N-dealkylation sites (N-methyl/N-ethyl adjacent to an activating group) is 1. The van der Waals surface area contributed by atoms with E-state index >= 15 is 0 Å². The number of para-hydroxylation sites is 1. The van der Waals surface area contributed by atoms with Crippen molar-refractivity contribution in [1.29, 1.82) is 0 Å². The van der Waals surface area contributed by atoms with Gasteiger partial charge in [-0.05, 0) is 19.1 Å². The molecule has 3 rings (SSSR count). The summed E-state index contributed by atoms with van der Waals surface area (Å²) >= 11 is 3.37. The van der Waals surface area contributed by atoms with E-state index in [2.05, 4.69) is 6.92 Å². The van der Waals surface area contributed by atoms with Crippen LogP contribution in [0.2, 0.25) is 0 Å². The summed E-state index contributed by atoms with van der Waals surface area (Å²) in [7, 11) is 1.78. The van der Waals surface area contributed by atoms with Crippen LogP contribution in [0.15, 0.2) is 30.3 Å². The van der Waals surface area contributed by atoms with E-state index in [9.17, 15) is 9.59 Å². The van der Waals surface area contributed by atoms with E-state index in [1.54, 1.807) is 35.5 Å². The fourth-order valence-electron chi connectivity index (χ4n) is 3.04. The maximum Gasteiger partial charge on any atom is 0.246 e. The Morgan fingerprint density at radius 1 is 1.42 bits per heavy atom. The third kappa shape index (κ3) is 3.52. The van der Waals surface area contributed by atoms with Crippen molar-refractivity contribution in [2.45, 2.75) is 17.8 Å². The van der Waals surface area contributed by atoms with Crippen molar-refractivity contribution in [1.82, 2.24) is 9.80 Å². The van der Waals surface area contributed by atoms with Gasteiger partial charge in [0.05, 0.1) is 17.2 Å². The zero-order chi connectivity index (χ0) is 17.2. The molecular formula is C17H22N2O3S2. The Bertz CT molecular complexity index is 613. The van der Waals surface area contributed by atoms with Gasteiger partial charge >= 0.3 is 0 Å². The molecule has 5 nitrogen and oxygen atoms in total. The third-order valence-electron chi connectivity index (χ3n) is 4.34. The SMILES string of the molecule is CN(CCOc1ccccc1)C(=O)[C@@H]1CS[C@@]2(C)CSCC(=O)N12. The minimum Gasteiger partial charge on any atom is -0.492 e. The van der Waals surface area contributed by atoms with Crippen LogP contribution in [0.4, 0.5) is 0 Å². The van der Waals surface area contributed by atoms with E-state index in [0.717, 1.165) is 11.5 Å². The van der Waals surface area contributed by atoms with Gasteiger partial charge in [0, 0.05) is 18.6 Å². The minimum absolute atomic E-state index is 0.00290. The molecule has 2 saturated heterocycles. The molecule has 2 amide bonds. The van der Waals surface area contributed by atoms with Crippen molar-refractivity contribution in [3.8, 4) is 5.75 Å². The van der Waals surface area contributed by atoms with Crippen molar-refractivity contribution in [2.75, 3.05) is 37.5 Å². The highest BCUT2D eigenvalue weighted by Crippen LogP contribution is 2.44. The lowest BCUT2D eigenvalue weighted by Gasteiger charge is -2.40. The zero-order valence-corrected chi connectivity index (χ0v) is 15.6. The molecule has 2 fully saturated rings. The summed E-state index contributed by atoms with van der Waals surface area (Å²) in [5, 5.41) is 0. The highest BCUT2D eigenvalue weighted by atomic mass is 32.2. The predicted molar refractivity (Wildman–Crippen MR) is 98.4 cm³/mol. The molecule has 0 saturated carbocycles. The summed E-state index contributed by atoms with van der Waals surface area (Å²) in [5.74, 6) is 2.90. The van der Waals surface area contributed by atoms with Crippen LogP contribution in [0, 0.1) is 0 Å². The van der Waals surface area contributed by atoms with Gasteiger partial charge in [0.25, 0.3) is 0 Å². The molecule has 1 aromatic rings. The number of fused-ring (bicyclic) bond motifs is 1. The highest BCUT2D eigenvalue weighted by Gasteiger charge is 2.51. The fourth-order valence-corrected chi connectivity index (χ4v) is 5.74. The first kappa shape index (κ1) is 17.5. The quantitative estimate of drug-likeness (QED) is 0.797. The molecule has 1 aromatic carbocycles. The van der Waals surface area contributed by atoms with Crippen molar-refractivity contribution in [3.63, 3.8) is 0 Å². The Morgan fingerprint density at radius 2 is 2.17 bits per heavy atom. The number of rotatable bonds is 5. The molecule has 0 spiro atoms. The lowest BCUT2D eigenvalue weighted by molar-refractivity contribution is -0.144. The smallest absolute Gasteiger partial charge is 0.246 e. The Labute approximate surface area is 151 Å². The third-order valence-corrected chi connectivity index (χ3v) is 7.18. The van der Waals surface area contributed by atoms with Crippen molar-refractivity contribution < 1.29 is 14.3 Å². The highest BCUT2D eigenvalue weighted by molar-refractivity contribution is 8.04. The molecule has 0 radical (unpaired) electrons. The van der Waals surface area contributed by atoms with Gasteiger partial charge in [0.15, 0.2) is 0 Å².